The van der Waals surface area contributed by atoms with Crippen LogP contribution in [-0.4, -0.2) is 42.9 Å². The van der Waals surface area contributed by atoms with Gasteiger partial charge in [0.05, 0.1) is 36.6 Å². The van der Waals surface area contributed by atoms with Crippen LogP contribution < -0.4 is 0 Å². The molecule has 0 aliphatic heterocycles. The topological polar surface area (TPSA) is 43.2 Å². The molecular formula is C8H12N2O2S2. The SMILES string of the molecule is CC(OCCN=C=S)OCCN=C=S. The van der Waals surface area contributed by atoms with E-state index in [2.05, 4.69) is 44.7 Å². The summed E-state index contributed by atoms with van der Waals surface area (Å²) >= 11 is 8.79. The van der Waals surface area contributed by atoms with E-state index >= 15 is 0 Å². The lowest BCUT2D eigenvalue weighted by atomic mass is 10.6. The summed E-state index contributed by atoms with van der Waals surface area (Å²) in [7, 11) is 0. The third kappa shape index (κ3) is 9.61. The van der Waals surface area contributed by atoms with Crippen molar-refractivity contribution >= 4 is 34.8 Å². The van der Waals surface area contributed by atoms with Gasteiger partial charge in [0, 0.05) is 0 Å². The molecule has 0 fully saturated rings. The lowest BCUT2D eigenvalue weighted by Gasteiger charge is -2.11. The van der Waals surface area contributed by atoms with Crippen molar-refractivity contribution in [2.45, 2.75) is 13.2 Å². The molecule has 0 radical (unpaired) electrons. The van der Waals surface area contributed by atoms with Crippen molar-refractivity contribution in [2.24, 2.45) is 9.98 Å². The summed E-state index contributed by atoms with van der Waals surface area (Å²) < 4.78 is 10.5. The molecule has 0 aromatic rings. The summed E-state index contributed by atoms with van der Waals surface area (Å²) in [6.45, 7) is 3.77. The Bertz CT molecular complexity index is 211. The Kier molecular flexibility index (Phi) is 10.2. The highest BCUT2D eigenvalue weighted by Crippen LogP contribution is 1.92. The van der Waals surface area contributed by atoms with E-state index in [4.69, 9.17) is 9.47 Å². The molecule has 0 spiro atoms. The minimum atomic E-state index is -0.268. The highest BCUT2D eigenvalue weighted by atomic mass is 32.1. The average molecular weight is 232 g/mol. The molecule has 0 saturated heterocycles. The molecule has 0 aliphatic rings. The normalized spacial score (nSPS) is 11.2. The summed E-state index contributed by atoms with van der Waals surface area (Å²) in [5.41, 5.74) is 0. The quantitative estimate of drug-likeness (QED) is 0.276. The van der Waals surface area contributed by atoms with Crippen molar-refractivity contribution < 1.29 is 9.47 Å². The van der Waals surface area contributed by atoms with Gasteiger partial charge in [-0.25, -0.2) is 9.98 Å². The van der Waals surface area contributed by atoms with Crippen molar-refractivity contribution in [1.29, 1.82) is 0 Å². The third-order valence-corrected chi connectivity index (χ3v) is 1.50. The Morgan fingerprint density at radius 3 is 1.86 bits per heavy atom. The molecule has 78 valence electrons. The van der Waals surface area contributed by atoms with Gasteiger partial charge in [-0.3, -0.25) is 0 Å². The highest BCUT2D eigenvalue weighted by molar-refractivity contribution is 7.78. The second kappa shape index (κ2) is 10.6. The van der Waals surface area contributed by atoms with Crippen molar-refractivity contribution in [3.05, 3.63) is 0 Å². The van der Waals surface area contributed by atoms with Crippen LogP contribution in [-0.2, 0) is 9.47 Å². The average Bonchev–Trinajstić information content (AvgIpc) is 2.19. The summed E-state index contributed by atoms with van der Waals surface area (Å²) in [4.78, 5) is 7.39. The number of nitrogens with zero attached hydrogens (tertiary/aromatic N) is 2. The van der Waals surface area contributed by atoms with Crippen LogP contribution >= 0.6 is 24.4 Å². The Morgan fingerprint density at radius 1 is 1.07 bits per heavy atom. The largest absolute Gasteiger partial charge is 0.351 e. The summed E-state index contributed by atoms with van der Waals surface area (Å²) in [6.07, 6.45) is -0.268. The predicted molar refractivity (Wildman–Crippen MR) is 61.2 cm³/mol. The van der Waals surface area contributed by atoms with Crippen LogP contribution in [0.2, 0.25) is 0 Å². The lowest BCUT2D eigenvalue weighted by Crippen LogP contribution is -2.16. The summed E-state index contributed by atoms with van der Waals surface area (Å²) in [5, 5.41) is 4.51. The molecule has 0 aliphatic carbocycles. The van der Waals surface area contributed by atoms with Crippen molar-refractivity contribution in [1.82, 2.24) is 0 Å². The summed E-state index contributed by atoms with van der Waals surface area (Å²) in [6, 6.07) is 0. The number of isothiocyanates is 2. The van der Waals surface area contributed by atoms with Gasteiger partial charge in [-0.05, 0) is 31.4 Å². The molecule has 6 heteroatoms. The smallest absolute Gasteiger partial charge is 0.154 e. The minimum absolute atomic E-state index is 0.268. The molecule has 0 atom stereocenters. The molecule has 0 heterocycles. The standard InChI is InChI=1S/C8H12N2O2S2/c1-8(11-4-2-9-6-13)12-5-3-10-7-14/h8H,2-5H2,1H3. The van der Waals surface area contributed by atoms with Crippen LogP contribution in [0.25, 0.3) is 0 Å². The van der Waals surface area contributed by atoms with E-state index in [9.17, 15) is 0 Å². The first-order chi connectivity index (χ1) is 6.81. The van der Waals surface area contributed by atoms with Crippen molar-refractivity contribution in [3.8, 4) is 0 Å². The molecule has 0 aromatic heterocycles. The molecular weight excluding hydrogens is 220 g/mol. The number of thiocarbonyl (C=S) groups is 2. The van der Waals surface area contributed by atoms with E-state index in [1.807, 2.05) is 6.92 Å². The van der Waals surface area contributed by atoms with E-state index < -0.39 is 0 Å². The summed E-state index contributed by atoms with van der Waals surface area (Å²) in [5.74, 6) is 0. The zero-order valence-electron chi connectivity index (χ0n) is 7.93. The van der Waals surface area contributed by atoms with Gasteiger partial charge in [-0.1, -0.05) is 0 Å². The molecule has 0 saturated carbocycles. The van der Waals surface area contributed by atoms with Crippen LogP contribution in [0.1, 0.15) is 6.92 Å². The van der Waals surface area contributed by atoms with Gasteiger partial charge >= 0.3 is 0 Å². The first-order valence-corrected chi connectivity index (χ1v) is 4.93. The minimum Gasteiger partial charge on any atom is -0.351 e. The number of ether oxygens (including phenoxy) is 2. The van der Waals surface area contributed by atoms with Gasteiger partial charge in [0.15, 0.2) is 6.29 Å². The number of aliphatic imine (C=N–C) groups is 2. The van der Waals surface area contributed by atoms with Crippen LogP contribution in [0.4, 0.5) is 0 Å². The molecule has 0 N–H and O–H groups in total. The molecule has 0 bridgehead atoms. The Morgan fingerprint density at radius 2 is 1.50 bits per heavy atom. The van der Waals surface area contributed by atoms with E-state index in [0.717, 1.165) is 0 Å². The Labute approximate surface area is 94.0 Å². The van der Waals surface area contributed by atoms with E-state index in [-0.39, 0.29) is 6.29 Å². The van der Waals surface area contributed by atoms with E-state index in [1.54, 1.807) is 0 Å². The Balaban J connectivity index is 3.31. The fourth-order valence-electron chi connectivity index (χ4n) is 0.668. The maximum Gasteiger partial charge on any atom is 0.154 e. The van der Waals surface area contributed by atoms with Crippen LogP contribution in [0.15, 0.2) is 9.98 Å². The second-order valence-electron chi connectivity index (χ2n) is 2.26. The van der Waals surface area contributed by atoms with Crippen molar-refractivity contribution in [3.63, 3.8) is 0 Å². The fraction of sp³-hybridized carbons (Fsp3) is 0.750. The molecule has 14 heavy (non-hydrogen) atoms. The second-order valence-corrected chi connectivity index (χ2v) is 2.62. The van der Waals surface area contributed by atoms with Gasteiger partial charge in [-0.15, -0.1) is 0 Å². The van der Waals surface area contributed by atoms with Crippen LogP contribution in [0, 0.1) is 0 Å². The van der Waals surface area contributed by atoms with Gasteiger partial charge in [0.25, 0.3) is 0 Å². The molecule has 0 rings (SSSR count). The molecule has 4 nitrogen and oxygen atoms in total. The zero-order chi connectivity index (χ0) is 10.6. The van der Waals surface area contributed by atoms with Gasteiger partial charge in [0.2, 0.25) is 0 Å². The zero-order valence-corrected chi connectivity index (χ0v) is 9.57. The van der Waals surface area contributed by atoms with E-state index in [0.29, 0.717) is 26.3 Å². The fourth-order valence-corrected chi connectivity index (χ4v) is 0.851. The monoisotopic (exact) mass is 232 g/mol. The first-order valence-electron chi connectivity index (χ1n) is 4.11. The molecule has 0 unspecified atom stereocenters. The first kappa shape index (κ1) is 13.5. The predicted octanol–water partition coefficient (Wildman–Crippen LogP) is 1.57. The van der Waals surface area contributed by atoms with E-state index in [1.165, 1.54) is 0 Å². The van der Waals surface area contributed by atoms with Crippen molar-refractivity contribution in [2.75, 3.05) is 26.3 Å². The lowest BCUT2D eigenvalue weighted by molar-refractivity contribution is -0.125. The van der Waals surface area contributed by atoms with Gasteiger partial charge < -0.3 is 9.47 Å². The number of hydrogen-bond donors (Lipinski definition) is 0. The van der Waals surface area contributed by atoms with Crippen LogP contribution in [0.3, 0.4) is 0 Å². The Hall–Kier alpha value is -0.480. The van der Waals surface area contributed by atoms with Crippen LogP contribution in [0.5, 0.6) is 0 Å². The molecule has 0 amide bonds. The van der Waals surface area contributed by atoms with Gasteiger partial charge in [-0.2, -0.15) is 0 Å². The molecule has 0 aromatic carbocycles. The highest BCUT2D eigenvalue weighted by Gasteiger charge is 1.99. The van der Waals surface area contributed by atoms with Gasteiger partial charge in [0.1, 0.15) is 0 Å². The third-order valence-electron chi connectivity index (χ3n) is 1.24. The number of hydrogen-bond acceptors (Lipinski definition) is 6. The maximum absolute atomic E-state index is 5.23. The number of rotatable bonds is 8. The maximum atomic E-state index is 5.23.